The third-order valence-corrected chi connectivity index (χ3v) is 9.99. The van der Waals surface area contributed by atoms with Crippen molar-refractivity contribution in [1.82, 2.24) is 4.90 Å². The molecule has 0 fully saturated rings. The van der Waals surface area contributed by atoms with Gasteiger partial charge in [0.1, 0.15) is 0 Å². The summed E-state index contributed by atoms with van der Waals surface area (Å²) in [5.74, 6) is 0. The molecule has 0 aromatic rings. The Morgan fingerprint density at radius 2 is 0.868 bits per heavy atom. The molecule has 4 nitrogen and oxygen atoms in total. The van der Waals surface area contributed by atoms with Gasteiger partial charge in [-0.05, 0) is 112 Å². The van der Waals surface area contributed by atoms with Crippen molar-refractivity contribution < 1.29 is 14.2 Å². The molecule has 0 aliphatic carbocycles. The predicted molar refractivity (Wildman–Crippen MR) is 167 cm³/mol. The lowest BCUT2D eigenvalue weighted by molar-refractivity contribution is -0.142. The Hall–Kier alpha value is -0.160. The fourth-order valence-corrected chi connectivity index (χ4v) is 6.20. The SMILES string of the molecule is CCC(CC)OCCC(C)(C)N(C(CC)(CC)CCOC(C)(C)CC)C(CC)(CC)CCOC(C)(C)CC. The molecule has 0 aromatic heterocycles. The molecule has 0 N–H and O–H groups in total. The average Bonchev–Trinajstić information content (AvgIpc) is 2.89. The molecule has 0 saturated heterocycles. The molecule has 0 bridgehead atoms. The van der Waals surface area contributed by atoms with E-state index in [0.717, 1.165) is 90.4 Å². The molecule has 0 aromatic carbocycles. The summed E-state index contributed by atoms with van der Waals surface area (Å²) in [7, 11) is 0. The van der Waals surface area contributed by atoms with E-state index in [4.69, 9.17) is 14.2 Å². The van der Waals surface area contributed by atoms with Gasteiger partial charge >= 0.3 is 0 Å². The maximum absolute atomic E-state index is 6.49. The molecule has 0 radical (unpaired) electrons. The van der Waals surface area contributed by atoms with Gasteiger partial charge < -0.3 is 14.2 Å². The van der Waals surface area contributed by atoms with Crippen LogP contribution in [0.25, 0.3) is 0 Å². The van der Waals surface area contributed by atoms with Gasteiger partial charge in [-0.15, -0.1) is 0 Å². The van der Waals surface area contributed by atoms with E-state index >= 15 is 0 Å². The first-order valence-corrected chi connectivity index (χ1v) is 16.3. The molecule has 0 amide bonds. The molecule has 4 heteroatoms. The molecule has 0 saturated carbocycles. The minimum Gasteiger partial charge on any atom is -0.378 e. The number of nitrogens with zero attached hydrogens (tertiary/aromatic N) is 1. The normalized spacial score (nSPS) is 14.2. The summed E-state index contributed by atoms with van der Waals surface area (Å²) in [6.07, 6.45) is 12.1. The highest BCUT2D eigenvalue weighted by Crippen LogP contribution is 2.46. The highest BCUT2D eigenvalue weighted by Gasteiger charge is 2.51. The number of ether oxygens (including phenoxy) is 3. The van der Waals surface area contributed by atoms with Gasteiger partial charge in [-0.2, -0.15) is 0 Å². The van der Waals surface area contributed by atoms with Crippen molar-refractivity contribution in [1.29, 1.82) is 0 Å². The van der Waals surface area contributed by atoms with E-state index in [9.17, 15) is 0 Å². The van der Waals surface area contributed by atoms with Crippen molar-refractivity contribution >= 4 is 0 Å². The first-order chi connectivity index (χ1) is 17.6. The second kappa shape index (κ2) is 16.9. The summed E-state index contributed by atoms with van der Waals surface area (Å²) >= 11 is 0. The van der Waals surface area contributed by atoms with Gasteiger partial charge in [-0.25, -0.2) is 0 Å². The molecule has 0 aliphatic rings. The fourth-order valence-electron chi connectivity index (χ4n) is 6.20. The molecule has 0 unspecified atom stereocenters. The van der Waals surface area contributed by atoms with E-state index < -0.39 is 0 Å². The van der Waals surface area contributed by atoms with Gasteiger partial charge in [0.2, 0.25) is 0 Å². The maximum atomic E-state index is 6.49. The van der Waals surface area contributed by atoms with Gasteiger partial charge in [-0.3, -0.25) is 4.90 Å². The molecule has 0 heterocycles. The van der Waals surface area contributed by atoms with Crippen LogP contribution in [0.4, 0.5) is 0 Å². The molecule has 0 aliphatic heterocycles. The van der Waals surface area contributed by atoms with E-state index in [2.05, 4.69) is 102 Å². The second-order valence-electron chi connectivity index (χ2n) is 13.5. The Morgan fingerprint density at radius 3 is 1.16 bits per heavy atom. The smallest absolute Gasteiger partial charge is 0.0623 e. The summed E-state index contributed by atoms with van der Waals surface area (Å²) in [5.41, 5.74) is -0.0838. The molecule has 0 atom stereocenters. The topological polar surface area (TPSA) is 30.9 Å². The lowest BCUT2D eigenvalue weighted by atomic mass is 9.73. The summed E-state index contributed by atoms with van der Waals surface area (Å²) in [6, 6.07) is 0. The van der Waals surface area contributed by atoms with Gasteiger partial charge in [0.25, 0.3) is 0 Å². The lowest BCUT2D eigenvalue weighted by Gasteiger charge is -2.61. The van der Waals surface area contributed by atoms with Crippen LogP contribution in [0.1, 0.15) is 168 Å². The van der Waals surface area contributed by atoms with Crippen molar-refractivity contribution in [2.45, 2.75) is 201 Å². The fraction of sp³-hybridized carbons (Fsp3) is 1.00. The summed E-state index contributed by atoms with van der Waals surface area (Å²) in [5, 5.41) is 0. The largest absolute Gasteiger partial charge is 0.378 e. The Bertz CT molecular complexity index is 563. The van der Waals surface area contributed by atoms with Gasteiger partial charge in [0.05, 0.1) is 17.3 Å². The van der Waals surface area contributed by atoms with Crippen molar-refractivity contribution in [2.75, 3.05) is 19.8 Å². The predicted octanol–water partition coefficient (Wildman–Crippen LogP) is 9.97. The van der Waals surface area contributed by atoms with E-state index in [1.165, 1.54) is 0 Å². The van der Waals surface area contributed by atoms with Crippen LogP contribution in [0.15, 0.2) is 0 Å². The number of rotatable bonds is 23. The van der Waals surface area contributed by atoms with Gasteiger partial charge in [0, 0.05) is 36.4 Å². The van der Waals surface area contributed by atoms with E-state index in [1.807, 2.05) is 0 Å². The minimum absolute atomic E-state index is 0.0232. The summed E-state index contributed by atoms with van der Waals surface area (Å²) < 4.78 is 19.4. The highest BCUT2D eigenvalue weighted by molar-refractivity contribution is 5.06. The molecule has 0 rings (SSSR count). The Balaban J connectivity index is 6.47. The van der Waals surface area contributed by atoms with Crippen molar-refractivity contribution in [3.05, 3.63) is 0 Å². The second-order valence-corrected chi connectivity index (χ2v) is 13.5. The molecule has 38 heavy (non-hydrogen) atoms. The van der Waals surface area contributed by atoms with Crippen LogP contribution in [-0.2, 0) is 14.2 Å². The van der Waals surface area contributed by atoms with E-state index in [1.54, 1.807) is 0 Å². The first-order valence-electron chi connectivity index (χ1n) is 16.3. The zero-order chi connectivity index (χ0) is 29.7. The minimum atomic E-state index is -0.0805. The maximum Gasteiger partial charge on any atom is 0.0623 e. The van der Waals surface area contributed by atoms with Crippen LogP contribution in [0.5, 0.6) is 0 Å². The summed E-state index contributed by atoms with van der Waals surface area (Å²) in [4.78, 5) is 2.97. The third kappa shape index (κ3) is 11.0. The van der Waals surface area contributed by atoms with Gasteiger partial charge in [0.15, 0.2) is 0 Å². The quantitative estimate of drug-likeness (QED) is 0.129. The van der Waals surface area contributed by atoms with E-state index in [-0.39, 0.29) is 27.8 Å². The third-order valence-electron chi connectivity index (χ3n) is 9.99. The van der Waals surface area contributed by atoms with Crippen LogP contribution < -0.4 is 0 Å². The summed E-state index contributed by atoms with van der Waals surface area (Å²) in [6.45, 7) is 34.7. The first kappa shape index (κ1) is 37.8. The standard InChI is InChI=1S/C34H71NO3/c1-15-29(16-2)36-26-23-30(9,10)35(33(19-5,20-6)24-27-37-31(11,12)17-3)34(21-7,22-8)25-28-38-32(13,14)18-4/h29H,15-28H2,1-14H3. The van der Waals surface area contributed by atoms with Crippen molar-refractivity contribution in [3.8, 4) is 0 Å². The number of hydrogen-bond donors (Lipinski definition) is 0. The van der Waals surface area contributed by atoms with E-state index in [0.29, 0.717) is 6.10 Å². The van der Waals surface area contributed by atoms with Crippen LogP contribution in [0.3, 0.4) is 0 Å². The zero-order valence-corrected chi connectivity index (χ0v) is 28.6. The highest BCUT2D eigenvalue weighted by atomic mass is 16.5. The van der Waals surface area contributed by atoms with Gasteiger partial charge in [-0.1, -0.05) is 55.4 Å². The molecular formula is C34H71NO3. The van der Waals surface area contributed by atoms with Crippen LogP contribution in [0.2, 0.25) is 0 Å². The van der Waals surface area contributed by atoms with Crippen LogP contribution >= 0.6 is 0 Å². The molecule has 0 spiro atoms. The Labute approximate surface area is 240 Å². The van der Waals surface area contributed by atoms with Crippen LogP contribution in [-0.4, -0.2) is 58.6 Å². The lowest BCUT2D eigenvalue weighted by Crippen LogP contribution is -2.68. The Morgan fingerprint density at radius 1 is 0.500 bits per heavy atom. The zero-order valence-electron chi connectivity index (χ0n) is 28.6. The van der Waals surface area contributed by atoms with Crippen LogP contribution in [0, 0.1) is 0 Å². The Kier molecular flexibility index (Phi) is 16.9. The average molecular weight is 542 g/mol. The number of hydrogen-bond acceptors (Lipinski definition) is 4. The van der Waals surface area contributed by atoms with Crippen molar-refractivity contribution in [2.24, 2.45) is 0 Å². The monoisotopic (exact) mass is 542 g/mol. The molecular weight excluding hydrogens is 470 g/mol. The molecule has 230 valence electrons. The van der Waals surface area contributed by atoms with Crippen molar-refractivity contribution in [3.63, 3.8) is 0 Å².